The standard InChI is InChI=1S/C10H15NO2/c1-7-2-3-8(6-7)11-5-4-9(12)10(11)13/h7-8H,2-6H2,1H3. The van der Waals surface area contributed by atoms with Crippen molar-refractivity contribution in [3.63, 3.8) is 0 Å². The van der Waals surface area contributed by atoms with Crippen molar-refractivity contribution in [2.45, 2.75) is 38.6 Å². The molecule has 0 spiro atoms. The number of carbonyl (C=O) groups excluding carboxylic acids is 2. The molecule has 0 bridgehead atoms. The molecular formula is C10H15NO2. The summed E-state index contributed by atoms with van der Waals surface area (Å²) < 4.78 is 0. The lowest BCUT2D eigenvalue weighted by molar-refractivity contribution is -0.141. The van der Waals surface area contributed by atoms with Crippen LogP contribution >= 0.6 is 0 Å². The van der Waals surface area contributed by atoms with Crippen molar-refractivity contribution < 1.29 is 9.59 Å². The molecule has 1 saturated carbocycles. The zero-order chi connectivity index (χ0) is 9.42. The van der Waals surface area contributed by atoms with Gasteiger partial charge in [0.1, 0.15) is 0 Å². The first kappa shape index (κ1) is 8.73. The first-order chi connectivity index (χ1) is 6.18. The SMILES string of the molecule is CC1CCC(N2CCC(=O)C2=O)C1. The van der Waals surface area contributed by atoms with Gasteiger partial charge in [0.15, 0.2) is 0 Å². The van der Waals surface area contributed by atoms with Gasteiger partial charge in [0, 0.05) is 19.0 Å². The van der Waals surface area contributed by atoms with Crippen LogP contribution in [0.15, 0.2) is 0 Å². The molecule has 1 heterocycles. The van der Waals surface area contributed by atoms with Crippen molar-refractivity contribution in [2.24, 2.45) is 5.92 Å². The van der Waals surface area contributed by atoms with Crippen LogP contribution in [0, 0.1) is 5.92 Å². The van der Waals surface area contributed by atoms with Crippen molar-refractivity contribution in [1.29, 1.82) is 0 Å². The summed E-state index contributed by atoms with van der Waals surface area (Å²) >= 11 is 0. The van der Waals surface area contributed by atoms with E-state index >= 15 is 0 Å². The Kier molecular flexibility index (Phi) is 2.10. The predicted molar refractivity (Wildman–Crippen MR) is 48.1 cm³/mol. The smallest absolute Gasteiger partial charge is 0.290 e. The molecular weight excluding hydrogens is 166 g/mol. The van der Waals surface area contributed by atoms with E-state index in [0.717, 1.165) is 12.8 Å². The highest BCUT2D eigenvalue weighted by molar-refractivity contribution is 6.37. The Morgan fingerprint density at radius 1 is 1.31 bits per heavy atom. The zero-order valence-electron chi connectivity index (χ0n) is 7.95. The number of Topliss-reactive ketones (excluding diaryl/α,β-unsaturated/α-hetero) is 1. The largest absolute Gasteiger partial charge is 0.333 e. The lowest BCUT2D eigenvalue weighted by atomic mass is 10.1. The van der Waals surface area contributed by atoms with Crippen LogP contribution in [0.3, 0.4) is 0 Å². The Labute approximate surface area is 78.1 Å². The third kappa shape index (κ3) is 1.47. The molecule has 3 heteroatoms. The van der Waals surface area contributed by atoms with Crippen LogP contribution in [-0.2, 0) is 9.59 Å². The number of amides is 1. The maximum Gasteiger partial charge on any atom is 0.290 e. The van der Waals surface area contributed by atoms with E-state index in [1.807, 2.05) is 0 Å². The normalized spacial score (nSPS) is 34.7. The van der Waals surface area contributed by atoms with Gasteiger partial charge >= 0.3 is 0 Å². The molecule has 2 rings (SSSR count). The van der Waals surface area contributed by atoms with Gasteiger partial charge in [-0.25, -0.2) is 0 Å². The third-order valence-corrected chi connectivity index (χ3v) is 3.19. The number of likely N-dealkylation sites (tertiary alicyclic amines) is 1. The van der Waals surface area contributed by atoms with Gasteiger partial charge in [-0.15, -0.1) is 0 Å². The van der Waals surface area contributed by atoms with E-state index in [1.54, 1.807) is 4.90 Å². The van der Waals surface area contributed by atoms with E-state index in [2.05, 4.69) is 6.92 Å². The maximum atomic E-state index is 11.4. The van der Waals surface area contributed by atoms with Gasteiger partial charge < -0.3 is 4.90 Å². The summed E-state index contributed by atoms with van der Waals surface area (Å²) in [4.78, 5) is 24.2. The van der Waals surface area contributed by atoms with Gasteiger partial charge in [0.05, 0.1) is 0 Å². The topological polar surface area (TPSA) is 37.4 Å². The van der Waals surface area contributed by atoms with E-state index in [9.17, 15) is 9.59 Å². The Balaban J connectivity index is 2.02. The lowest BCUT2D eigenvalue weighted by Gasteiger charge is -2.22. The fourth-order valence-corrected chi connectivity index (χ4v) is 2.40. The lowest BCUT2D eigenvalue weighted by Crippen LogP contribution is -2.36. The fourth-order valence-electron chi connectivity index (χ4n) is 2.40. The van der Waals surface area contributed by atoms with Gasteiger partial charge in [-0.1, -0.05) is 6.92 Å². The molecule has 0 N–H and O–H groups in total. The van der Waals surface area contributed by atoms with Crippen LogP contribution in [0.4, 0.5) is 0 Å². The molecule has 0 aromatic heterocycles. The molecule has 2 atom stereocenters. The minimum Gasteiger partial charge on any atom is -0.333 e. The average Bonchev–Trinajstić information content (AvgIpc) is 2.62. The number of hydrogen-bond acceptors (Lipinski definition) is 2. The van der Waals surface area contributed by atoms with E-state index in [0.29, 0.717) is 24.9 Å². The van der Waals surface area contributed by atoms with Crippen LogP contribution in [0.2, 0.25) is 0 Å². The number of nitrogens with zero attached hydrogens (tertiary/aromatic N) is 1. The third-order valence-electron chi connectivity index (χ3n) is 3.19. The Hall–Kier alpha value is -0.860. The molecule has 0 radical (unpaired) electrons. The van der Waals surface area contributed by atoms with E-state index in [-0.39, 0.29) is 11.7 Å². The number of carbonyl (C=O) groups is 2. The highest BCUT2D eigenvalue weighted by Gasteiger charge is 2.36. The zero-order valence-corrected chi connectivity index (χ0v) is 7.95. The minimum absolute atomic E-state index is 0.195. The van der Waals surface area contributed by atoms with E-state index in [1.165, 1.54) is 6.42 Å². The highest BCUT2D eigenvalue weighted by Crippen LogP contribution is 2.30. The number of hydrogen-bond donors (Lipinski definition) is 0. The predicted octanol–water partition coefficient (Wildman–Crippen LogP) is 0.976. The van der Waals surface area contributed by atoms with Crippen LogP contribution in [0.5, 0.6) is 0 Å². The van der Waals surface area contributed by atoms with Crippen LogP contribution < -0.4 is 0 Å². The number of ketones is 1. The molecule has 1 amide bonds. The Morgan fingerprint density at radius 2 is 2.08 bits per heavy atom. The van der Waals surface area contributed by atoms with Gasteiger partial charge in [0.2, 0.25) is 5.78 Å². The molecule has 0 aromatic carbocycles. The van der Waals surface area contributed by atoms with Crippen LogP contribution in [0.25, 0.3) is 0 Å². The monoisotopic (exact) mass is 181 g/mol. The molecule has 2 fully saturated rings. The molecule has 1 saturated heterocycles. The first-order valence-corrected chi connectivity index (χ1v) is 5.02. The molecule has 72 valence electrons. The van der Waals surface area contributed by atoms with Crippen LogP contribution in [0.1, 0.15) is 32.6 Å². The van der Waals surface area contributed by atoms with Crippen LogP contribution in [-0.4, -0.2) is 29.2 Å². The molecule has 13 heavy (non-hydrogen) atoms. The number of rotatable bonds is 1. The van der Waals surface area contributed by atoms with Gasteiger partial charge in [-0.2, -0.15) is 0 Å². The summed E-state index contributed by atoms with van der Waals surface area (Å²) in [6, 6.07) is 0.356. The molecule has 1 aliphatic heterocycles. The summed E-state index contributed by atoms with van der Waals surface area (Å²) in [7, 11) is 0. The molecule has 2 unspecified atom stereocenters. The van der Waals surface area contributed by atoms with Gasteiger partial charge in [-0.05, 0) is 25.2 Å². The maximum absolute atomic E-state index is 11.4. The minimum atomic E-state index is -0.237. The highest BCUT2D eigenvalue weighted by atomic mass is 16.2. The Bertz CT molecular complexity index is 249. The summed E-state index contributed by atoms with van der Waals surface area (Å²) in [6.45, 7) is 2.87. The average molecular weight is 181 g/mol. The van der Waals surface area contributed by atoms with E-state index < -0.39 is 0 Å². The van der Waals surface area contributed by atoms with Crippen molar-refractivity contribution >= 4 is 11.7 Å². The summed E-state index contributed by atoms with van der Waals surface area (Å²) in [5.41, 5.74) is 0. The Morgan fingerprint density at radius 3 is 2.54 bits per heavy atom. The van der Waals surface area contributed by atoms with Crippen molar-refractivity contribution in [3.05, 3.63) is 0 Å². The molecule has 2 aliphatic rings. The van der Waals surface area contributed by atoms with Crippen molar-refractivity contribution in [1.82, 2.24) is 4.90 Å². The quantitative estimate of drug-likeness (QED) is 0.565. The van der Waals surface area contributed by atoms with Crippen molar-refractivity contribution in [3.8, 4) is 0 Å². The van der Waals surface area contributed by atoms with Crippen molar-refractivity contribution in [2.75, 3.05) is 6.54 Å². The van der Waals surface area contributed by atoms with E-state index in [4.69, 9.17) is 0 Å². The van der Waals surface area contributed by atoms with Gasteiger partial charge in [-0.3, -0.25) is 9.59 Å². The van der Waals surface area contributed by atoms with Gasteiger partial charge in [0.25, 0.3) is 5.91 Å². The first-order valence-electron chi connectivity index (χ1n) is 5.02. The molecule has 0 aromatic rings. The molecule has 3 nitrogen and oxygen atoms in total. The summed E-state index contributed by atoms with van der Waals surface area (Å²) in [6.07, 6.45) is 3.80. The second kappa shape index (κ2) is 3.13. The second-order valence-corrected chi connectivity index (χ2v) is 4.24. The summed E-state index contributed by atoms with van der Waals surface area (Å²) in [5, 5.41) is 0. The summed E-state index contributed by atoms with van der Waals surface area (Å²) in [5.74, 6) is 0.284. The molecule has 1 aliphatic carbocycles. The fraction of sp³-hybridized carbons (Fsp3) is 0.800. The second-order valence-electron chi connectivity index (χ2n) is 4.24.